The molecule has 0 aromatic rings. The van der Waals surface area contributed by atoms with Crippen molar-refractivity contribution >= 4 is 0 Å². The van der Waals surface area contributed by atoms with Crippen molar-refractivity contribution in [2.45, 2.75) is 32.2 Å². The lowest BCUT2D eigenvalue weighted by molar-refractivity contribution is 0.132. The van der Waals surface area contributed by atoms with Crippen LogP contribution in [0.3, 0.4) is 0 Å². The Labute approximate surface area is 86.4 Å². The second kappa shape index (κ2) is 3.67. The van der Waals surface area contributed by atoms with Crippen LogP contribution in [0.1, 0.15) is 26.7 Å². The van der Waals surface area contributed by atoms with Crippen molar-refractivity contribution in [1.82, 2.24) is 5.32 Å². The average Bonchev–Trinajstić information content (AvgIpc) is 2.74. The quantitative estimate of drug-likeness (QED) is 0.667. The van der Waals surface area contributed by atoms with E-state index in [4.69, 9.17) is 0 Å². The number of rotatable bonds is 4. The highest BCUT2D eigenvalue weighted by molar-refractivity contribution is 5.19. The Hall–Kier alpha value is -0.340. The first-order valence-electron chi connectivity index (χ1n) is 5.70. The molecule has 2 nitrogen and oxygen atoms in total. The van der Waals surface area contributed by atoms with Crippen LogP contribution in [0.4, 0.5) is 0 Å². The summed E-state index contributed by atoms with van der Waals surface area (Å²) in [6.45, 7) is 5.71. The molecular formula is C12H21NO. The van der Waals surface area contributed by atoms with Gasteiger partial charge < -0.3 is 10.4 Å². The van der Waals surface area contributed by atoms with Gasteiger partial charge in [0.15, 0.2) is 0 Å². The molecule has 1 fully saturated rings. The summed E-state index contributed by atoms with van der Waals surface area (Å²) in [5.41, 5.74) is 0.00366. The Morgan fingerprint density at radius 1 is 1.50 bits per heavy atom. The van der Waals surface area contributed by atoms with Crippen molar-refractivity contribution in [3.8, 4) is 0 Å². The van der Waals surface area contributed by atoms with Gasteiger partial charge in [-0.25, -0.2) is 0 Å². The summed E-state index contributed by atoms with van der Waals surface area (Å²) in [7, 11) is 0. The molecule has 2 aliphatic carbocycles. The SMILES string of the molecule is CC(C)CN[C@@]1(CO)C[C@H]2C=C[C@@H]1C2. The third-order valence-electron chi connectivity index (χ3n) is 3.65. The van der Waals surface area contributed by atoms with Gasteiger partial charge >= 0.3 is 0 Å². The minimum atomic E-state index is 0.00366. The molecule has 2 bridgehead atoms. The Morgan fingerprint density at radius 2 is 2.29 bits per heavy atom. The number of hydrogen-bond donors (Lipinski definition) is 2. The smallest absolute Gasteiger partial charge is 0.0619 e. The van der Waals surface area contributed by atoms with E-state index in [1.54, 1.807) is 0 Å². The first kappa shape index (κ1) is 10.2. The van der Waals surface area contributed by atoms with Gasteiger partial charge in [-0.15, -0.1) is 0 Å². The zero-order valence-corrected chi connectivity index (χ0v) is 9.16. The molecule has 2 aliphatic rings. The van der Waals surface area contributed by atoms with E-state index in [9.17, 15) is 5.11 Å². The second-order valence-corrected chi connectivity index (χ2v) is 5.28. The topological polar surface area (TPSA) is 32.3 Å². The summed E-state index contributed by atoms with van der Waals surface area (Å²) in [6, 6.07) is 0. The summed E-state index contributed by atoms with van der Waals surface area (Å²) in [4.78, 5) is 0. The molecule has 0 saturated heterocycles. The third kappa shape index (κ3) is 1.61. The molecule has 0 aliphatic heterocycles. The molecule has 80 valence electrons. The Bertz CT molecular complexity index is 236. The largest absolute Gasteiger partial charge is 0.394 e. The summed E-state index contributed by atoms with van der Waals surface area (Å²) < 4.78 is 0. The van der Waals surface area contributed by atoms with Crippen LogP contribution in [0.2, 0.25) is 0 Å². The number of hydrogen-bond acceptors (Lipinski definition) is 2. The fourth-order valence-corrected chi connectivity index (χ4v) is 2.80. The first-order chi connectivity index (χ1) is 6.66. The van der Waals surface area contributed by atoms with E-state index in [0.29, 0.717) is 17.8 Å². The van der Waals surface area contributed by atoms with Crippen LogP contribution in [0, 0.1) is 17.8 Å². The van der Waals surface area contributed by atoms with Crippen LogP contribution in [0.15, 0.2) is 12.2 Å². The molecule has 2 rings (SSSR count). The third-order valence-corrected chi connectivity index (χ3v) is 3.65. The molecule has 3 atom stereocenters. The van der Waals surface area contributed by atoms with Crippen LogP contribution < -0.4 is 5.32 Å². The van der Waals surface area contributed by atoms with Crippen LogP contribution in [-0.4, -0.2) is 23.8 Å². The molecule has 14 heavy (non-hydrogen) atoms. The van der Waals surface area contributed by atoms with Crippen LogP contribution in [-0.2, 0) is 0 Å². The average molecular weight is 195 g/mol. The van der Waals surface area contributed by atoms with Crippen molar-refractivity contribution in [2.24, 2.45) is 17.8 Å². The molecule has 1 saturated carbocycles. The standard InChI is InChI=1S/C12H21NO/c1-9(2)7-13-12(8-14)6-10-3-4-11(12)5-10/h3-4,9-11,13-14H,5-8H2,1-2H3/t10-,11+,12+/m0/s1. The number of fused-ring (bicyclic) bond motifs is 2. The van der Waals surface area contributed by atoms with Crippen molar-refractivity contribution in [3.63, 3.8) is 0 Å². The molecule has 0 aromatic heterocycles. The van der Waals surface area contributed by atoms with Gasteiger partial charge in [0.1, 0.15) is 0 Å². The minimum absolute atomic E-state index is 0.00366. The number of allylic oxidation sites excluding steroid dienone is 1. The maximum absolute atomic E-state index is 9.56. The number of aliphatic hydroxyl groups is 1. The Kier molecular flexibility index (Phi) is 2.67. The normalized spacial score (nSPS) is 40.0. The van der Waals surface area contributed by atoms with E-state index >= 15 is 0 Å². The van der Waals surface area contributed by atoms with E-state index < -0.39 is 0 Å². The number of aliphatic hydroxyl groups excluding tert-OH is 1. The first-order valence-corrected chi connectivity index (χ1v) is 5.70. The second-order valence-electron chi connectivity index (χ2n) is 5.28. The zero-order valence-electron chi connectivity index (χ0n) is 9.16. The predicted octanol–water partition coefficient (Wildman–Crippen LogP) is 1.56. The molecule has 2 N–H and O–H groups in total. The zero-order chi connectivity index (χ0) is 10.2. The number of nitrogens with one attached hydrogen (secondary N) is 1. The predicted molar refractivity (Wildman–Crippen MR) is 58.0 cm³/mol. The lowest BCUT2D eigenvalue weighted by atomic mass is 9.85. The van der Waals surface area contributed by atoms with Gasteiger partial charge in [0, 0.05) is 5.54 Å². The van der Waals surface area contributed by atoms with Crippen molar-refractivity contribution in [3.05, 3.63) is 12.2 Å². The molecule has 0 radical (unpaired) electrons. The van der Waals surface area contributed by atoms with Crippen LogP contribution in [0.25, 0.3) is 0 Å². The molecule has 2 heteroatoms. The Morgan fingerprint density at radius 3 is 2.71 bits per heavy atom. The van der Waals surface area contributed by atoms with E-state index in [0.717, 1.165) is 13.0 Å². The summed E-state index contributed by atoms with van der Waals surface area (Å²) >= 11 is 0. The maximum atomic E-state index is 9.56. The summed E-state index contributed by atoms with van der Waals surface area (Å²) in [6.07, 6.45) is 6.97. The highest BCUT2D eigenvalue weighted by Crippen LogP contribution is 2.45. The van der Waals surface area contributed by atoms with Crippen molar-refractivity contribution in [1.29, 1.82) is 0 Å². The van der Waals surface area contributed by atoms with Crippen LogP contribution in [0.5, 0.6) is 0 Å². The molecule has 0 unspecified atom stereocenters. The van der Waals surface area contributed by atoms with Gasteiger partial charge in [-0.2, -0.15) is 0 Å². The molecule has 0 amide bonds. The summed E-state index contributed by atoms with van der Waals surface area (Å²) in [5.74, 6) is 1.93. The van der Waals surface area contributed by atoms with Gasteiger partial charge in [0.05, 0.1) is 6.61 Å². The van der Waals surface area contributed by atoms with Crippen molar-refractivity contribution in [2.75, 3.05) is 13.2 Å². The van der Waals surface area contributed by atoms with E-state index in [1.807, 2.05) is 0 Å². The molecule has 0 spiro atoms. The van der Waals surface area contributed by atoms with E-state index in [1.165, 1.54) is 6.42 Å². The van der Waals surface area contributed by atoms with Crippen LogP contribution >= 0.6 is 0 Å². The van der Waals surface area contributed by atoms with Gasteiger partial charge in [0.2, 0.25) is 0 Å². The lowest BCUT2D eigenvalue weighted by Crippen LogP contribution is -2.52. The van der Waals surface area contributed by atoms with Gasteiger partial charge in [-0.05, 0) is 37.1 Å². The summed E-state index contributed by atoms with van der Waals surface area (Å²) in [5, 5.41) is 13.1. The van der Waals surface area contributed by atoms with Gasteiger partial charge in [-0.1, -0.05) is 26.0 Å². The molecule has 0 aromatic carbocycles. The Balaban J connectivity index is 2.01. The van der Waals surface area contributed by atoms with E-state index in [-0.39, 0.29) is 12.1 Å². The highest BCUT2D eigenvalue weighted by atomic mass is 16.3. The van der Waals surface area contributed by atoms with Crippen molar-refractivity contribution < 1.29 is 5.11 Å². The van der Waals surface area contributed by atoms with E-state index in [2.05, 4.69) is 31.3 Å². The fraction of sp³-hybridized carbons (Fsp3) is 0.833. The lowest BCUT2D eigenvalue weighted by Gasteiger charge is -2.35. The van der Waals surface area contributed by atoms with Gasteiger partial charge in [-0.3, -0.25) is 0 Å². The molecular weight excluding hydrogens is 174 g/mol. The monoisotopic (exact) mass is 195 g/mol. The van der Waals surface area contributed by atoms with Gasteiger partial charge in [0.25, 0.3) is 0 Å². The fourth-order valence-electron chi connectivity index (χ4n) is 2.80. The highest BCUT2D eigenvalue weighted by Gasteiger charge is 2.47. The maximum Gasteiger partial charge on any atom is 0.0619 e. The minimum Gasteiger partial charge on any atom is -0.394 e. The molecule has 0 heterocycles.